The number of rotatable bonds is 8. The van der Waals surface area contributed by atoms with Crippen LogP contribution in [0.25, 0.3) is 11.0 Å². The van der Waals surface area contributed by atoms with Gasteiger partial charge in [0.15, 0.2) is 0 Å². The van der Waals surface area contributed by atoms with Crippen LogP contribution in [0.3, 0.4) is 0 Å². The zero-order valence-corrected chi connectivity index (χ0v) is 13.1. The molecule has 0 aliphatic carbocycles. The van der Waals surface area contributed by atoms with E-state index in [2.05, 4.69) is 36.6 Å². The van der Waals surface area contributed by atoms with Crippen molar-refractivity contribution in [2.75, 3.05) is 19.1 Å². The van der Waals surface area contributed by atoms with Crippen molar-refractivity contribution in [3.05, 3.63) is 29.6 Å². The van der Waals surface area contributed by atoms with Crippen LogP contribution in [0.15, 0.2) is 18.2 Å². The zero-order valence-electron chi connectivity index (χ0n) is 12.4. The van der Waals surface area contributed by atoms with Crippen molar-refractivity contribution < 1.29 is 4.74 Å². The fourth-order valence-corrected chi connectivity index (χ4v) is 2.53. The Morgan fingerprint density at radius 3 is 2.90 bits per heavy atom. The molecule has 0 atom stereocenters. The largest absolute Gasteiger partial charge is 0.380 e. The molecule has 0 aliphatic heterocycles. The molecule has 0 spiro atoms. The van der Waals surface area contributed by atoms with Gasteiger partial charge in [0.25, 0.3) is 0 Å². The van der Waals surface area contributed by atoms with E-state index in [4.69, 9.17) is 21.3 Å². The van der Waals surface area contributed by atoms with Crippen molar-refractivity contribution in [2.24, 2.45) is 0 Å². The van der Waals surface area contributed by atoms with E-state index in [0.717, 1.165) is 43.9 Å². The number of alkyl halides is 1. The Kier molecular flexibility index (Phi) is 5.86. The highest BCUT2D eigenvalue weighted by molar-refractivity contribution is 6.17. The van der Waals surface area contributed by atoms with Crippen LogP contribution in [0.2, 0.25) is 0 Å². The maximum absolute atomic E-state index is 5.89. The molecule has 4 heteroatoms. The third kappa shape index (κ3) is 3.53. The van der Waals surface area contributed by atoms with Gasteiger partial charge in [-0.3, -0.25) is 0 Å². The van der Waals surface area contributed by atoms with Crippen LogP contribution in [0.4, 0.5) is 0 Å². The monoisotopic (exact) mass is 294 g/mol. The highest BCUT2D eigenvalue weighted by Gasteiger charge is 2.11. The molecule has 3 nitrogen and oxygen atoms in total. The Balaban J connectivity index is 2.16. The van der Waals surface area contributed by atoms with E-state index >= 15 is 0 Å². The van der Waals surface area contributed by atoms with Crippen molar-refractivity contribution in [1.29, 1.82) is 0 Å². The molecule has 0 amide bonds. The van der Waals surface area contributed by atoms with Gasteiger partial charge in [-0.15, -0.1) is 11.6 Å². The molecule has 20 heavy (non-hydrogen) atoms. The molecule has 0 aliphatic rings. The lowest BCUT2D eigenvalue weighted by Crippen LogP contribution is -2.10. The van der Waals surface area contributed by atoms with Crippen LogP contribution in [0.5, 0.6) is 0 Å². The summed E-state index contributed by atoms with van der Waals surface area (Å²) in [5.74, 6) is 1.65. The molecule has 2 rings (SSSR count). The van der Waals surface area contributed by atoms with Gasteiger partial charge in [0.2, 0.25) is 0 Å². The van der Waals surface area contributed by atoms with Gasteiger partial charge in [-0.05, 0) is 25.0 Å². The Morgan fingerprint density at radius 1 is 1.30 bits per heavy atom. The minimum atomic E-state index is 0.596. The number of fused-ring (bicyclic) bond motifs is 1. The molecule has 0 bridgehead atoms. The first-order valence-electron chi connectivity index (χ1n) is 7.36. The minimum Gasteiger partial charge on any atom is -0.380 e. The third-order valence-electron chi connectivity index (χ3n) is 3.48. The molecule has 1 aromatic heterocycles. The van der Waals surface area contributed by atoms with Crippen molar-refractivity contribution in [3.63, 3.8) is 0 Å². The standard InChI is InChI=1S/C16H23ClN2O/c1-3-4-11-20-12-10-19-14-7-5-6-13(2)16(14)18-15(19)8-9-17/h5-7H,3-4,8-12H2,1-2H3. The van der Waals surface area contributed by atoms with Gasteiger partial charge < -0.3 is 9.30 Å². The lowest BCUT2D eigenvalue weighted by Gasteiger charge is -2.09. The molecule has 0 unspecified atom stereocenters. The fourth-order valence-electron chi connectivity index (χ4n) is 2.36. The topological polar surface area (TPSA) is 27.1 Å². The van der Waals surface area contributed by atoms with Gasteiger partial charge in [-0.25, -0.2) is 4.98 Å². The summed E-state index contributed by atoms with van der Waals surface area (Å²) in [6, 6.07) is 6.30. The number of aryl methyl sites for hydroxylation is 2. The summed E-state index contributed by atoms with van der Waals surface area (Å²) in [4.78, 5) is 4.74. The third-order valence-corrected chi connectivity index (χ3v) is 3.67. The summed E-state index contributed by atoms with van der Waals surface area (Å²) in [6.07, 6.45) is 3.09. The number of imidazole rings is 1. The molecule has 0 saturated heterocycles. The van der Waals surface area contributed by atoms with E-state index in [1.54, 1.807) is 0 Å². The smallest absolute Gasteiger partial charge is 0.111 e. The number of para-hydroxylation sites is 1. The molecule has 1 heterocycles. The summed E-state index contributed by atoms with van der Waals surface area (Å²) < 4.78 is 7.92. The summed E-state index contributed by atoms with van der Waals surface area (Å²) in [5.41, 5.74) is 3.48. The van der Waals surface area contributed by atoms with Crippen molar-refractivity contribution >= 4 is 22.6 Å². The summed E-state index contributed by atoms with van der Waals surface area (Å²) in [5, 5.41) is 0. The molecule has 0 fully saturated rings. The number of unbranched alkanes of at least 4 members (excludes halogenated alkanes) is 1. The predicted octanol–water partition coefficient (Wildman–Crippen LogP) is 3.94. The Hall–Kier alpha value is -1.06. The van der Waals surface area contributed by atoms with Crippen LogP contribution < -0.4 is 0 Å². The molecular formula is C16H23ClN2O. The SMILES string of the molecule is CCCCOCCn1c(CCCl)nc2c(C)cccc21. The van der Waals surface area contributed by atoms with Crippen LogP contribution in [-0.4, -0.2) is 28.6 Å². The highest BCUT2D eigenvalue weighted by atomic mass is 35.5. The van der Waals surface area contributed by atoms with Gasteiger partial charge in [-0.2, -0.15) is 0 Å². The Morgan fingerprint density at radius 2 is 2.15 bits per heavy atom. The summed E-state index contributed by atoms with van der Waals surface area (Å²) >= 11 is 5.89. The van der Waals surface area contributed by atoms with Crippen molar-refractivity contribution in [1.82, 2.24) is 9.55 Å². The number of halogens is 1. The first kappa shape index (κ1) is 15.3. The quantitative estimate of drug-likeness (QED) is 0.544. The second kappa shape index (κ2) is 7.65. The summed E-state index contributed by atoms with van der Waals surface area (Å²) in [6.45, 7) is 6.69. The lowest BCUT2D eigenvalue weighted by molar-refractivity contribution is 0.123. The molecule has 0 N–H and O–H groups in total. The van der Waals surface area contributed by atoms with Gasteiger partial charge >= 0.3 is 0 Å². The van der Waals surface area contributed by atoms with E-state index in [-0.39, 0.29) is 0 Å². The second-order valence-corrected chi connectivity index (χ2v) is 5.41. The van der Waals surface area contributed by atoms with E-state index in [9.17, 15) is 0 Å². The van der Waals surface area contributed by atoms with Crippen LogP contribution in [-0.2, 0) is 17.7 Å². The van der Waals surface area contributed by atoms with Crippen LogP contribution in [0, 0.1) is 6.92 Å². The molecule has 0 saturated carbocycles. The lowest BCUT2D eigenvalue weighted by atomic mass is 10.2. The molecule has 110 valence electrons. The maximum Gasteiger partial charge on any atom is 0.111 e. The van der Waals surface area contributed by atoms with E-state index in [1.165, 1.54) is 17.5 Å². The number of nitrogens with zero attached hydrogens (tertiary/aromatic N) is 2. The molecule has 0 radical (unpaired) electrons. The normalized spacial score (nSPS) is 11.3. The number of hydrogen-bond acceptors (Lipinski definition) is 2. The number of ether oxygens (including phenoxy) is 1. The number of benzene rings is 1. The molecule has 1 aromatic carbocycles. The molecule has 2 aromatic rings. The Labute approximate surface area is 125 Å². The van der Waals surface area contributed by atoms with E-state index in [0.29, 0.717) is 5.88 Å². The van der Waals surface area contributed by atoms with Gasteiger partial charge in [-0.1, -0.05) is 25.5 Å². The Bertz CT molecular complexity index is 551. The zero-order chi connectivity index (χ0) is 14.4. The van der Waals surface area contributed by atoms with Gasteiger partial charge in [0.05, 0.1) is 17.6 Å². The van der Waals surface area contributed by atoms with Crippen LogP contribution >= 0.6 is 11.6 Å². The first-order chi connectivity index (χ1) is 9.77. The van der Waals surface area contributed by atoms with E-state index < -0.39 is 0 Å². The van der Waals surface area contributed by atoms with Crippen molar-refractivity contribution in [3.8, 4) is 0 Å². The van der Waals surface area contributed by atoms with Crippen LogP contribution in [0.1, 0.15) is 31.2 Å². The number of hydrogen-bond donors (Lipinski definition) is 0. The second-order valence-electron chi connectivity index (χ2n) is 5.03. The molecular weight excluding hydrogens is 272 g/mol. The summed E-state index contributed by atoms with van der Waals surface area (Å²) in [7, 11) is 0. The maximum atomic E-state index is 5.89. The van der Waals surface area contributed by atoms with Gasteiger partial charge in [0, 0.05) is 25.5 Å². The fraction of sp³-hybridized carbons (Fsp3) is 0.562. The predicted molar refractivity (Wildman–Crippen MR) is 84.6 cm³/mol. The first-order valence-corrected chi connectivity index (χ1v) is 7.89. The average molecular weight is 295 g/mol. The van der Waals surface area contributed by atoms with Crippen molar-refractivity contribution in [2.45, 2.75) is 39.7 Å². The average Bonchev–Trinajstić information content (AvgIpc) is 2.79. The van der Waals surface area contributed by atoms with E-state index in [1.807, 2.05) is 0 Å². The van der Waals surface area contributed by atoms with Gasteiger partial charge in [0.1, 0.15) is 5.82 Å². The number of aromatic nitrogens is 2. The highest BCUT2D eigenvalue weighted by Crippen LogP contribution is 2.20. The minimum absolute atomic E-state index is 0.596.